The predicted octanol–water partition coefficient (Wildman–Crippen LogP) is -0.0210. The van der Waals surface area contributed by atoms with Crippen LogP contribution in [-0.4, -0.2) is 0 Å². The topological polar surface area (TPSA) is 0 Å². The van der Waals surface area contributed by atoms with Gasteiger partial charge >= 0.3 is 210 Å². The number of halogens is 2. The quantitative estimate of drug-likeness (QED) is 0.326. The van der Waals surface area contributed by atoms with Crippen molar-refractivity contribution in [2.75, 3.05) is 0 Å². The summed E-state index contributed by atoms with van der Waals surface area (Å²) in [4.78, 5) is 0. The smallest absolute Gasteiger partial charge is 1.00 e. The van der Waals surface area contributed by atoms with Crippen LogP contribution in [0.3, 0.4) is 0 Å². The molecule has 169 valence electrons. The Morgan fingerprint density at radius 1 is 0.629 bits per heavy atom. The van der Waals surface area contributed by atoms with E-state index >= 15 is 0 Å². The number of fused-ring (bicyclic) bond motifs is 2. The Kier molecular flexibility index (Phi) is 7.82. The summed E-state index contributed by atoms with van der Waals surface area (Å²) in [5.41, 5.74) is 9.45. The Balaban J connectivity index is 0.00000144. The number of hydrogen-bond acceptors (Lipinski definition) is 0. The van der Waals surface area contributed by atoms with E-state index in [9.17, 15) is 0 Å². The second kappa shape index (κ2) is 10.7. The van der Waals surface area contributed by atoms with E-state index in [0.717, 1.165) is 6.42 Å². The Morgan fingerprint density at radius 3 is 1.77 bits per heavy atom. The molecule has 0 saturated heterocycles. The first-order valence-corrected chi connectivity index (χ1v) is 12.7. The largest absolute Gasteiger partial charge is 1.00 e. The first-order chi connectivity index (χ1) is 16.2. The van der Waals surface area contributed by atoms with Gasteiger partial charge in [-0.05, 0) is 0 Å². The van der Waals surface area contributed by atoms with E-state index < -0.39 is 0 Å². The molecule has 2 aliphatic carbocycles. The van der Waals surface area contributed by atoms with Crippen molar-refractivity contribution < 1.29 is 49.5 Å². The van der Waals surface area contributed by atoms with E-state index in [1.165, 1.54) is 87.8 Å². The van der Waals surface area contributed by atoms with Crippen LogP contribution in [0, 0.1) is 10.4 Å². The average Bonchev–Trinajstić information content (AvgIpc) is 3.42. The van der Waals surface area contributed by atoms with Gasteiger partial charge in [0.15, 0.2) is 0 Å². The van der Waals surface area contributed by atoms with Crippen molar-refractivity contribution in [1.29, 1.82) is 0 Å². The first-order valence-electron chi connectivity index (χ1n) is 11.4. The van der Waals surface area contributed by atoms with Gasteiger partial charge in [0.1, 0.15) is 0 Å². The van der Waals surface area contributed by atoms with Crippen molar-refractivity contribution in [3.8, 4) is 0 Å². The maximum atomic E-state index is 2.39. The molecule has 0 saturated carbocycles. The summed E-state index contributed by atoms with van der Waals surface area (Å²) in [5.74, 6) is 0. The molecule has 0 fully saturated rings. The number of benzene rings is 4. The van der Waals surface area contributed by atoms with Gasteiger partial charge in [0.2, 0.25) is 0 Å². The summed E-state index contributed by atoms with van der Waals surface area (Å²) in [6, 6.07) is 35.3. The molecule has 0 radical (unpaired) electrons. The zero-order chi connectivity index (χ0) is 22.4. The van der Waals surface area contributed by atoms with Gasteiger partial charge in [-0.2, -0.15) is 0 Å². The van der Waals surface area contributed by atoms with Gasteiger partial charge in [0.25, 0.3) is 0 Å². The third kappa shape index (κ3) is 4.47. The van der Waals surface area contributed by atoms with Crippen molar-refractivity contribution in [3.05, 3.63) is 158 Å². The Morgan fingerprint density at radius 2 is 1.20 bits per heavy atom. The molecule has 35 heavy (non-hydrogen) atoms. The Hall–Kier alpha value is -2.44. The zero-order valence-corrected chi connectivity index (χ0v) is 23.3. The van der Waals surface area contributed by atoms with Crippen LogP contribution in [0.2, 0.25) is 0 Å². The second-order valence-electron chi connectivity index (χ2n) is 8.76. The van der Waals surface area contributed by atoms with Crippen LogP contribution in [0.5, 0.6) is 0 Å². The van der Waals surface area contributed by atoms with Gasteiger partial charge in [-0.25, -0.2) is 0 Å². The summed E-state index contributed by atoms with van der Waals surface area (Å²) >= 11 is 1.47. The van der Waals surface area contributed by atoms with Gasteiger partial charge in [-0.3, -0.25) is 0 Å². The van der Waals surface area contributed by atoms with Crippen LogP contribution in [0.1, 0.15) is 35.6 Å². The van der Waals surface area contributed by atoms with Gasteiger partial charge in [-0.1, -0.05) is 0 Å². The maximum absolute atomic E-state index is 2.39. The number of rotatable bonds is 3. The molecule has 0 bridgehead atoms. The van der Waals surface area contributed by atoms with E-state index in [-0.39, 0.29) is 24.8 Å². The third-order valence-corrected chi connectivity index (χ3v) is 7.98. The standard InChI is InChI=1S/C32H23.2ClH.Zr/c1-22-16-17-26(20-22)32-29(19-18-28-27-15-9-8-14-25(27)21-30(28)32)31(23-10-4-2-5-11-23)24-12-6-3-7-13-24;;;/h2-16,18-20H,17H2,1H3;2*1H;/q;;;+2/p-2. The predicted molar refractivity (Wildman–Crippen MR) is 133 cm³/mol. The molecule has 3 heteroatoms. The minimum atomic E-state index is 0. The molecule has 0 spiro atoms. The van der Waals surface area contributed by atoms with Crippen molar-refractivity contribution in [2.24, 2.45) is 0 Å². The molecule has 4 aromatic rings. The first kappa shape index (κ1) is 25.6. The molecule has 0 nitrogen and oxygen atoms in total. The monoisotopic (exact) mass is 567 g/mol. The fraction of sp³-hybridized carbons (Fsp3) is 0.0625. The van der Waals surface area contributed by atoms with Gasteiger partial charge < -0.3 is 24.8 Å². The molecule has 0 atom stereocenters. The summed E-state index contributed by atoms with van der Waals surface area (Å²) in [5, 5.41) is 5.47. The molecule has 0 unspecified atom stereocenters. The van der Waals surface area contributed by atoms with Crippen LogP contribution in [-0.2, 0) is 24.7 Å². The number of allylic oxidation sites excluding steroid dienone is 4. The van der Waals surface area contributed by atoms with Gasteiger partial charge in [-0.15, -0.1) is 0 Å². The van der Waals surface area contributed by atoms with Crippen LogP contribution < -0.4 is 35.3 Å². The molecule has 6 rings (SSSR count). The molecule has 0 heterocycles. The fourth-order valence-corrected chi connectivity index (χ4v) is 6.40. The SMILES string of the molecule is CC1=CCC(c2c3c(ccc2=C(c2ccccc2)c2ccccc2)=c2ccccc2=[C]3[Zr+2])=C1.[Cl-].[Cl-]. The van der Waals surface area contributed by atoms with Crippen molar-refractivity contribution in [3.63, 3.8) is 0 Å². The molecular formula is C32H23Cl2Zr. The third-order valence-electron chi connectivity index (χ3n) is 6.70. The Bertz CT molecular complexity index is 1640. The zero-order valence-electron chi connectivity index (χ0n) is 19.4. The van der Waals surface area contributed by atoms with Gasteiger partial charge in [0.05, 0.1) is 0 Å². The van der Waals surface area contributed by atoms with Crippen LogP contribution in [0.15, 0.2) is 115 Å². The average molecular weight is 570 g/mol. The van der Waals surface area contributed by atoms with E-state index in [4.69, 9.17) is 0 Å². The molecule has 2 aliphatic rings. The number of hydrogen-bond donors (Lipinski definition) is 0. The fourth-order valence-electron chi connectivity index (χ4n) is 5.22. The van der Waals surface area contributed by atoms with E-state index in [2.05, 4.69) is 116 Å². The van der Waals surface area contributed by atoms with Crippen molar-refractivity contribution >= 4 is 14.4 Å². The minimum Gasteiger partial charge on any atom is -1.00 e. The molecule has 0 N–H and O–H groups in total. The molecular weight excluding hydrogens is 546 g/mol. The normalized spacial score (nSPS) is 13.2. The summed E-state index contributed by atoms with van der Waals surface area (Å²) in [6.07, 6.45) is 5.74. The van der Waals surface area contributed by atoms with Crippen LogP contribution >= 0.6 is 0 Å². The molecule has 0 amide bonds. The molecule has 0 aliphatic heterocycles. The van der Waals surface area contributed by atoms with Crippen LogP contribution in [0.4, 0.5) is 0 Å². The van der Waals surface area contributed by atoms with Gasteiger partial charge in [0, 0.05) is 0 Å². The summed E-state index contributed by atoms with van der Waals surface area (Å²) < 4.78 is 1.47. The van der Waals surface area contributed by atoms with Crippen LogP contribution in [0.25, 0.3) is 14.4 Å². The maximum Gasteiger partial charge on any atom is -1.00 e. The molecule has 4 aromatic carbocycles. The second-order valence-corrected chi connectivity index (χ2v) is 9.99. The van der Waals surface area contributed by atoms with E-state index in [1.807, 2.05) is 0 Å². The minimum absolute atomic E-state index is 0. The van der Waals surface area contributed by atoms with E-state index in [0.29, 0.717) is 0 Å². The van der Waals surface area contributed by atoms with E-state index in [1.54, 1.807) is 0 Å². The van der Waals surface area contributed by atoms with Crippen molar-refractivity contribution in [1.82, 2.24) is 0 Å². The Labute approximate surface area is 233 Å². The summed E-state index contributed by atoms with van der Waals surface area (Å²) in [6.45, 7) is 2.21. The molecule has 0 aromatic heterocycles. The summed E-state index contributed by atoms with van der Waals surface area (Å²) in [7, 11) is 0. The van der Waals surface area contributed by atoms with Crippen molar-refractivity contribution in [2.45, 2.75) is 13.3 Å².